The molecule has 0 aliphatic carbocycles. The van der Waals surface area contributed by atoms with Gasteiger partial charge in [0.15, 0.2) is 11.5 Å². The number of hydrogen-bond donors (Lipinski definition) is 1. The van der Waals surface area contributed by atoms with Crippen molar-refractivity contribution in [3.8, 4) is 11.3 Å². The van der Waals surface area contributed by atoms with Gasteiger partial charge in [-0.2, -0.15) is 4.98 Å². The molecule has 1 saturated heterocycles. The van der Waals surface area contributed by atoms with Crippen molar-refractivity contribution in [1.29, 1.82) is 0 Å². The molecule has 8 heteroatoms. The highest BCUT2D eigenvalue weighted by atomic mass is 19.1. The second kappa shape index (κ2) is 6.66. The third kappa shape index (κ3) is 3.15. The standard InChI is InChI=1S/C21H20FN5O2/c1-12-9-27(10-13(2)23-12)18-6-5-14-8-15(21(28)29-20(14)25-18)17-11-26-7-3-4-16(22)19(26)24-17/h3-8,11-13,23H,9-10H2,1-2H3/t12-,13+. The molecule has 7 nitrogen and oxygen atoms in total. The Hall–Kier alpha value is -3.26. The summed E-state index contributed by atoms with van der Waals surface area (Å²) in [5.41, 5.74) is 0.537. The summed E-state index contributed by atoms with van der Waals surface area (Å²) in [5.74, 6) is 0.332. The molecule has 5 heterocycles. The molecule has 1 aliphatic heterocycles. The van der Waals surface area contributed by atoms with Gasteiger partial charge in [0, 0.05) is 43.0 Å². The highest BCUT2D eigenvalue weighted by Crippen LogP contribution is 2.24. The first-order valence-electron chi connectivity index (χ1n) is 9.57. The monoisotopic (exact) mass is 393 g/mol. The van der Waals surface area contributed by atoms with Crippen molar-refractivity contribution in [2.45, 2.75) is 25.9 Å². The van der Waals surface area contributed by atoms with Crippen LogP contribution in [0.25, 0.3) is 28.0 Å². The SMILES string of the molecule is C[C@@H]1CN(c2ccc3cc(-c4cn5cccc(F)c5n4)c(=O)oc3n2)C[C@H](C)N1. The van der Waals surface area contributed by atoms with Crippen LogP contribution in [0.2, 0.25) is 0 Å². The fourth-order valence-electron chi connectivity index (χ4n) is 3.97. The summed E-state index contributed by atoms with van der Waals surface area (Å²) in [5, 5.41) is 4.18. The molecular weight excluding hydrogens is 373 g/mol. The summed E-state index contributed by atoms with van der Waals surface area (Å²) in [6, 6.07) is 9.12. The molecule has 1 N–H and O–H groups in total. The van der Waals surface area contributed by atoms with Crippen LogP contribution in [0.3, 0.4) is 0 Å². The average molecular weight is 393 g/mol. The van der Waals surface area contributed by atoms with E-state index in [0.29, 0.717) is 23.2 Å². The summed E-state index contributed by atoms with van der Waals surface area (Å²) < 4.78 is 21.0. The lowest BCUT2D eigenvalue weighted by molar-refractivity contribution is 0.405. The predicted octanol–water partition coefficient (Wildman–Crippen LogP) is 2.83. The van der Waals surface area contributed by atoms with Crippen LogP contribution in [-0.2, 0) is 0 Å². The predicted molar refractivity (Wildman–Crippen MR) is 109 cm³/mol. The molecule has 0 amide bonds. The van der Waals surface area contributed by atoms with Crippen LogP contribution in [-0.4, -0.2) is 39.5 Å². The summed E-state index contributed by atoms with van der Waals surface area (Å²) in [7, 11) is 0. The Kier molecular flexibility index (Phi) is 4.09. The minimum absolute atomic E-state index is 0.164. The van der Waals surface area contributed by atoms with Gasteiger partial charge in [0.2, 0.25) is 5.71 Å². The van der Waals surface area contributed by atoms with Crippen molar-refractivity contribution in [2.24, 2.45) is 0 Å². The van der Waals surface area contributed by atoms with E-state index in [1.807, 2.05) is 12.1 Å². The highest BCUT2D eigenvalue weighted by molar-refractivity contribution is 5.80. The molecular formula is C21H20FN5O2. The molecule has 4 aromatic heterocycles. The fraction of sp³-hybridized carbons (Fsp3) is 0.286. The molecule has 0 unspecified atom stereocenters. The molecule has 0 bridgehead atoms. The number of pyridine rings is 2. The van der Waals surface area contributed by atoms with Crippen molar-refractivity contribution in [3.63, 3.8) is 0 Å². The summed E-state index contributed by atoms with van der Waals surface area (Å²) in [4.78, 5) is 23.6. The number of piperazine rings is 1. The first-order valence-corrected chi connectivity index (χ1v) is 9.57. The van der Waals surface area contributed by atoms with Crippen LogP contribution in [0, 0.1) is 5.82 Å². The van der Waals surface area contributed by atoms with Crippen LogP contribution >= 0.6 is 0 Å². The Labute approximate surface area is 165 Å². The number of halogens is 1. The van der Waals surface area contributed by atoms with Crippen LogP contribution in [0.1, 0.15) is 13.8 Å². The van der Waals surface area contributed by atoms with E-state index in [4.69, 9.17) is 4.42 Å². The number of aromatic nitrogens is 3. The number of imidazole rings is 1. The van der Waals surface area contributed by atoms with Gasteiger partial charge in [0.1, 0.15) is 5.82 Å². The molecule has 0 aromatic carbocycles. The number of anilines is 1. The largest absolute Gasteiger partial charge is 0.403 e. The lowest BCUT2D eigenvalue weighted by Gasteiger charge is -2.36. The van der Waals surface area contributed by atoms with Crippen molar-refractivity contribution in [3.05, 3.63) is 59.0 Å². The molecule has 4 aromatic rings. The van der Waals surface area contributed by atoms with Crippen molar-refractivity contribution in [2.75, 3.05) is 18.0 Å². The van der Waals surface area contributed by atoms with Gasteiger partial charge in [-0.25, -0.2) is 14.2 Å². The van der Waals surface area contributed by atoms with E-state index in [0.717, 1.165) is 18.9 Å². The van der Waals surface area contributed by atoms with Gasteiger partial charge in [-0.15, -0.1) is 0 Å². The summed E-state index contributed by atoms with van der Waals surface area (Å²) >= 11 is 0. The van der Waals surface area contributed by atoms with Crippen LogP contribution in [0.4, 0.5) is 10.2 Å². The Bertz CT molecular complexity index is 1270. The smallest absolute Gasteiger partial charge is 0.347 e. The van der Waals surface area contributed by atoms with E-state index < -0.39 is 11.4 Å². The highest BCUT2D eigenvalue weighted by Gasteiger charge is 2.22. The molecule has 29 heavy (non-hydrogen) atoms. The number of nitrogens with zero attached hydrogens (tertiary/aromatic N) is 4. The van der Waals surface area contributed by atoms with E-state index in [2.05, 4.69) is 34.0 Å². The lowest BCUT2D eigenvalue weighted by atomic mass is 10.1. The molecule has 2 atom stereocenters. The topological polar surface area (TPSA) is 75.7 Å². The van der Waals surface area contributed by atoms with E-state index >= 15 is 0 Å². The Morgan fingerprint density at radius 2 is 1.97 bits per heavy atom. The van der Waals surface area contributed by atoms with Gasteiger partial charge in [-0.05, 0) is 44.2 Å². The fourth-order valence-corrected chi connectivity index (χ4v) is 3.97. The molecule has 1 aliphatic rings. The number of hydrogen-bond acceptors (Lipinski definition) is 6. The normalized spacial score (nSPS) is 19.9. The third-order valence-electron chi connectivity index (χ3n) is 5.18. The first kappa shape index (κ1) is 17.8. The van der Waals surface area contributed by atoms with Gasteiger partial charge >= 0.3 is 5.63 Å². The molecule has 148 valence electrons. The third-order valence-corrected chi connectivity index (χ3v) is 5.18. The van der Waals surface area contributed by atoms with E-state index in [1.54, 1.807) is 28.9 Å². The second-order valence-corrected chi connectivity index (χ2v) is 7.60. The van der Waals surface area contributed by atoms with Crippen molar-refractivity contribution < 1.29 is 8.81 Å². The van der Waals surface area contributed by atoms with Crippen molar-refractivity contribution >= 4 is 22.6 Å². The Morgan fingerprint density at radius 3 is 2.72 bits per heavy atom. The number of nitrogens with one attached hydrogen (secondary N) is 1. The molecule has 1 fully saturated rings. The lowest BCUT2D eigenvalue weighted by Crippen LogP contribution is -2.54. The zero-order valence-corrected chi connectivity index (χ0v) is 16.1. The van der Waals surface area contributed by atoms with Crippen LogP contribution in [0.5, 0.6) is 0 Å². The number of fused-ring (bicyclic) bond motifs is 2. The Morgan fingerprint density at radius 1 is 1.17 bits per heavy atom. The quantitative estimate of drug-likeness (QED) is 0.564. The summed E-state index contributed by atoms with van der Waals surface area (Å²) in [6.07, 6.45) is 3.29. The van der Waals surface area contributed by atoms with Crippen LogP contribution < -0.4 is 15.8 Å². The maximum absolute atomic E-state index is 13.9. The van der Waals surface area contributed by atoms with Gasteiger partial charge in [0.05, 0.1) is 11.3 Å². The molecule has 5 rings (SSSR count). The van der Waals surface area contributed by atoms with E-state index in [1.165, 1.54) is 6.07 Å². The van der Waals surface area contributed by atoms with Gasteiger partial charge in [0.25, 0.3) is 0 Å². The molecule has 0 radical (unpaired) electrons. The van der Waals surface area contributed by atoms with E-state index in [-0.39, 0.29) is 16.9 Å². The average Bonchev–Trinajstić information content (AvgIpc) is 3.11. The van der Waals surface area contributed by atoms with Gasteiger partial charge in [-0.3, -0.25) is 0 Å². The van der Waals surface area contributed by atoms with Crippen LogP contribution in [0.15, 0.2) is 51.9 Å². The first-order chi connectivity index (χ1) is 14.0. The maximum atomic E-state index is 13.9. The van der Waals surface area contributed by atoms with Gasteiger partial charge < -0.3 is 19.0 Å². The minimum atomic E-state index is -0.548. The maximum Gasteiger partial charge on any atom is 0.347 e. The van der Waals surface area contributed by atoms with Gasteiger partial charge in [-0.1, -0.05) is 0 Å². The molecule has 0 spiro atoms. The van der Waals surface area contributed by atoms with Crippen molar-refractivity contribution in [1.82, 2.24) is 19.7 Å². The zero-order valence-electron chi connectivity index (χ0n) is 16.1. The second-order valence-electron chi connectivity index (χ2n) is 7.60. The zero-order chi connectivity index (χ0) is 20.1. The molecule has 0 saturated carbocycles. The minimum Gasteiger partial charge on any atom is -0.403 e. The summed E-state index contributed by atoms with van der Waals surface area (Å²) in [6.45, 7) is 5.93. The Balaban J connectivity index is 1.56. The number of rotatable bonds is 2. The van der Waals surface area contributed by atoms with E-state index in [9.17, 15) is 9.18 Å².